The van der Waals surface area contributed by atoms with Crippen molar-refractivity contribution in [2.45, 2.75) is 52.8 Å². The van der Waals surface area contributed by atoms with Crippen molar-refractivity contribution in [2.75, 3.05) is 13.2 Å². The molecular weight excluding hydrogens is 161 g/mol. The molecule has 0 aliphatic rings. The topological polar surface area (TPSA) is 21.3 Å². The molecular formula is C10H24BNO. The predicted molar refractivity (Wildman–Crippen MR) is 60.0 cm³/mol. The van der Waals surface area contributed by atoms with Gasteiger partial charge in [-0.3, -0.25) is 0 Å². The first kappa shape index (κ1) is 13.0. The molecule has 1 N–H and O–H groups in total. The Kier molecular flexibility index (Phi) is 10.1. The van der Waals surface area contributed by atoms with Gasteiger partial charge in [0.05, 0.1) is 0 Å². The number of rotatable bonds is 9. The third kappa shape index (κ3) is 8.32. The van der Waals surface area contributed by atoms with Crippen molar-refractivity contribution in [1.29, 1.82) is 0 Å². The van der Waals surface area contributed by atoms with Gasteiger partial charge >= 0.3 is 7.05 Å². The van der Waals surface area contributed by atoms with E-state index in [-0.39, 0.29) is 7.05 Å². The maximum Gasteiger partial charge on any atom is 0.379 e. The summed E-state index contributed by atoms with van der Waals surface area (Å²) in [6.07, 6.45) is 6.15. The number of unbranched alkanes of at least 4 members (excludes halogenated alkanes) is 2. The first-order chi connectivity index (χ1) is 6.35. The normalized spacial score (nSPS) is 10.4. The second-order valence-corrected chi connectivity index (χ2v) is 3.39. The highest BCUT2D eigenvalue weighted by molar-refractivity contribution is 6.48. The SMILES string of the molecule is CCCCNB(CCCC)OCC. The summed E-state index contributed by atoms with van der Waals surface area (Å²) < 4.78 is 5.58. The Hall–Kier alpha value is -0.0151. The zero-order valence-electron chi connectivity index (χ0n) is 9.44. The molecule has 0 aromatic rings. The molecule has 0 aromatic carbocycles. The Labute approximate surface area is 83.6 Å². The van der Waals surface area contributed by atoms with Crippen LogP contribution in [0.1, 0.15) is 46.5 Å². The molecule has 0 bridgehead atoms. The first-order valence-corrected chi connectivity index (χ1v) is 5.70. The van der Waals surface area contributed by atoms with E-state index < -0.39 is 0 Å². The minimum absolute atomic E-state index is 0.288. The van der Waals surface area contributed by atoms with Gasteiger partial charge in [-0.1, -0.05) is 33.1 Å². The van der Waals surface area contributed by atoms with Gasteiger partial charge < -0.3 is 9.88 Å². The first-order valence-electron chi connectivity index (χ1n) is 5.70. The molecule has 78 valence electrons. The van der Waals surface area contributed by atoms with Crippen molar-refractivity contribution in [3.05, 3.63) is 0 Å². The fraction of sp³-hybridized carbons (Fsp3) is 1.00. The number of hydrogen-bond acceptors (Lipinski definition) is 2. The highest BCUT2D eigenvalue weighted by atomic mass is 16.4. The molecule has 0 aromatic heterocycles. The summed E-state index contributed by atoms with van der Waals surface area (Å²) in [5.41, 5.74) is 0. The third-order valence-corrected chi connectivity index (χ3v) is 2.09. The molecule has 0 unspecified atom stereocenters. The summed E-state index contributed by atoms with van der Waals surface area (Å²) in [6, 6.07) is 0. The molecule has 0 heterocycles. The zero-order valence-corrected chi connectivity index (χ0v) is 9.44. The number of nitrogens with one attached hydrogen (secondary N) is 1. The highest BCUT2D eigenvalue weighted by Crippen LogP contribution is 2.00. The predicted octanol–water partition coefficient (Wildman–Crippen LogP) is 2.70. The monoisotopic (exact) mass is 185 g/mol. The summed E-state index contributed by atoms with van der Waals surface area (Å²) in [5, 5.41) is 3.43. The lowest BCUT2D eigenvalue weighted by Crippen LogP contribution is -2.37. The van der Waals surface area contributed by atoms with Gasteiger partial charge in [0, 0.05) is 6.61 Å². The molecule has 2 nitrogen and oxygen atoms in total. The summed E-state index contributed by atoms with van der Waals surface area (Å²) in [7, 11) is 0.288. The summed E-state index contributed by atoms with van der Waals surface area (Å²) >= 11 is 0. The van der Waals surface area contributed by atoms with Gasteiger partial charge in [0.25, 0.3) is 0 Å². The van der Waals surface area contributed by atoms with Gasteiger partial charge in [-0.2, -0.15) is 0 Å². The Bertz CT molecular complexity index is 101. The van der Waals surface area contributed by atoms with Crippen LogP contribution in [-0.2, 0) is 4.65 Å². The fourth-order valence-corrected chi connectivity index (χ4v) is 1.27. The van der Waals surface area contributed by atoms with E-state index in [9.17, 15) is 0 Å². The maximum atomic E-state index is 5.58. The lowest BCUT2D eigenvalue weighted by atomic mass is 9.76. The third-order valence-electron chi connectivity index (χ3n) is 2.09. The number of hydrogen-bond donors (Lipinski definition) is 1. The average Bonchev–Trinajstić information content (AvgIpc) is 2.14. The minimum atomic E-state index is 0.288. The Morgan fingerprint density at radius 1 is 1.08 bits per heavy atom. The molecule has 0 fully saturated rings. The molecule has 0 radical (unpaired) electrons. The van der Waals surface area contributed by atoms with Crippen LogP contribution in [0.2, 0.25) is 6.32 Å². The molecule has 13 heavy (non-hydrogen) atoms. The van der Waals surface area contributed by atoms with E-state index in [0.29, 0.717) is 0 Å². The van der Waals surface area contributed by atoms with Gasteiger partial charge in [0.1, 0.15) is 0 Å². The summed E-state index contributed by atoms with van der Waals surface area (Å²) in [4.78, 5) is 0. The maximum absolute atomic E-state index is 5.58. The summed E-state index contributed by atoms with van der Waals surface area (Å²) in [6.45, 7) is 8.39. The van der Waals surface area contributed by atoms with Crippen LogP contribution in [0.25, 0.3) is 0 Å². The second kappa shape index (κ2) is 10.1. The van der Waals surface area contributed by atoms with Gasteiger partial charge in [-0.25, -0.2) is 0 Å². The van der Waals surface area contributed by atoms with Crippen LogP contribution in [0, 0.1) is 0 Å². The minimum Gasteiger partial charge on any atom is -0.422 e. The standard InChI is InChI=1S/C10H24BNO/c1-4-7-9-11(13-6-3)12-10-8-5-2/h12H,4-10H2,1-3H3. The van der Waals surface area contributed by atoms with Crippen molar-refractivity contribution in [1.82, 2.24) is 5.23 Å². The van der Waals surface area contributed by atoms with Crippen molar-refractivity contribution in [3.63, 3.8) is 0 Å². The van der Waals surface area contributed by atoms with Crippen LogP contribution >= 0.6 is 0 Å². The molecule has 0 saturated carbocycles. The van der Waals surface area contributed by atoms with Crippen LogP contribution in [0.3, 0.4) is 0 Å². The van der Waals surface area contributed by atoms with Crippen LogP contribution < -0.4 is 5.23 Å². The molecule has 0 spiro atoms. The van der Waals surface area contributed by atoms with Crippen LogP contribution in [-0.4, -0.2) is 20.2 Å². The molecule has 0 rings (SSSR count). The van der Waals surface area contributed by atoms with E-state index in [1.807, 2.05) is 0 Å². The van der Waals surface area contributed by atoms with Gasteiger partial charge in [0.2, 0.25) is 0 Å². The van der Waals surface area contributed by atoms with E-state index in [1.165, 1.54) is 25.7 Å². The molecule has 0 atom stereocenters. The van der Waals surface area contributed by atoms with Gasteiger partial charge in [-0.05, 0) is 26.2 Å². The molecule has 0 aliphatic heterocycles. The van der Waals surface area contributed by atoms with Crippen LogP contribution in [0.5, 0.6) is 0 Å². The van der Waals surface area contributed by atoms with Crippen molar-refractivity contribution < 1.29 is 4.65 Å². The van der Waals surface area contributed by atoms with Crippen molar-refractivity contribution in [2.24, 2.45) is 0 Å². The molecule has 0 saturated heterocycles. The van der Waals surface area contributed by atoms with Gasteiger partial charge in [-0.15, -0.1) is 0 Å². The average molecular weight is 185 g/mol. The van der Waals surface area contributed by atoms with E-state index >= 15 is 0 Å². The Morgan fingerprint density at radius 3 is 2.31 bits per heavy atom. The van der Waals surface area contributed by atoms with Crippen molar-refractivity contribution in [3.8, 4) is 0 Å². The fourth-order valence-electron chi connectivity index (χ4n) is 1.27. The highest BCUT2D eigenvalue weighted by Gasteiger charge is 2.12. The lowest BCUT2D eigenvalue weighted by molar-refractivity contribution is 0.331. The molecule has 0 amide bonds. The van der Waals surface area contributed by atoms with Crippen LogP contribution in [0.4, 0.5) is 0 Å². The quantitative estimate of drug-likeness (QED) is 0.440. The Morgan fingerprint density at radius 2 is 1.77 bits per heavy atom. The lowest BCUT2D eigenvalue weighted by Gasteiger charge is -2.13. The zero-order chi connectivity index (χ0) is 9.94. The smallest absolute Gasteiger partial charge is 0.379 e. The summed E-state index contributed by atoms with van der Waals surface area (Å²) in [5.74, 6) is 0. The molecule has 3 heteroatoms. The van der Waals surface area contributed by atoms with E-state index in [2.05, 4.69) is 26.0 Å². The van der Waals surface area contributed by atoms with E-state index in [0.717, 1.165) is 19.5 Å². The van der Waals surface area contributed by atoms with Crippen LogP contribution in [0.15, 0.2) is 0 Å². The van der Waals surface area contributed by atoms with Gasteiger partial charge in [0.15, 0.2) is 0 Å². The second-order valence-electron chi connectivity index (χ2n) is 3.39. The largest absolute Gasteiger partial charge is 0.422 e. The van der Waals surface area contributed by atoms with E-state index in [1.54, 1.807) is 0 Å². The molecule has 0 aliphatic carbocycles. The van der Waals surface area contributed by atoms with Crippen molar-refractivity contribution >= 4 is 7.05 Å². The van der Waals surface area contributed by atoms with E-state index in [4.69, 9.17) is 4.65 Å². The Balaban J connectivity index is 3.41.